The van der Waals surface area contributed by atoms with E-state index in [-0.39, 0.29) is 5.91 Å². The average Bonchev–Trinajstić information content (AvgIpc) is 3.10. The Morgan fingerprint density at radius 3 is 2.67 bits per heavy atom. The Balaban J connectivity index is 2.29. The number of carbonyl (C=O) groups is 1. The Labute approximate surface area is 112 Å². The van der Waals surface area contributed by atoms with Crippen molar-refractivity contribution in [1.29, 1.82) is 0 Å². The maximum Gasteiger partial charge on any atom is 0.263 e. The van der Waals surface area contributed by atoms with Gasteiger partial charge in [0.15, 0.2) is 0 Å². The smallest absolute Gasteiger partial charge is 0.263 e. The number of rotatable bonds is 5. The van der Waals surface area contributed by atoms with Crippen molar-refractivity contribution < 1.29 is 4.79 Å². The highest BCUT2D eigenvalue weighted by Gasteiger charge is 2.32. The normalized spacial score (nSPS) is 14.9. The van der Waals surface area contributed by atoms with Crippen LogP contribution in [0.15, 0.2) is 0 Å². The van der Waals surface area contributed by atoms with Crippen molar-refractivity contribution in [3.8, 4) is 0 Å². The first-order chi connectivity index (χ1) is 8.54. The van der Waals surface area contributed by atoms with Crippen molar-refractivity contribution >= 4 is 27.9 Å². The summed E-state index contributed by atoms with van der Waals surface area (Å²) in [5, 5.41) is 7.17. The third-order valence-electron chi connectivity index (χ3n) is 3.07. The van der Waals surface area contributed by atoms with Crippen LogP contribution < -0.4 is 16.4 Å². The molecule has 0 saturated heterocycles. The maximum atomic E-state index is 11.8. The van der Waals surface area contributed by atoms with Gasteiger partial charge in [-0.2, -0.15) is 0 Å². The monoisotopic (exact) mass is 267 g/mol. The molecule has 0 spiro atoms. The molecule has 1 saturated carbocycles. The Bertz CT molecular complexity index is 449. The van der Waals surface area contributed by atoms with Crippen LogP contribution in [-0.4, -0.2) is 19.5 Å². The summed E-state index contributed by atoms with van der Waals surface area (Å²) in [5.41, 5.74) is 7.98. The van der Waals surface area contributed by atoms with E-state index in [9.17, 15) is 4.79 Å². The van der Waals surface area contributed by atoms with E-state index in [1.165, 1.54) is 29.7 Å². The zero-order valence-electron chi connectivity index (χ0n) is 11.2. The first kappa shape index (κ1) is 13.2. The van der Waals surface area contributed by atoms with Crippen LogP contribution in [-0.2, 0) is 0 Å². The predicted molar refractivity (Wildman–Crippen MR) is 77.4 cm³/mol. The summed E-state index contributed by atoms with van der Waals surface area (Å²) in [6, 6.07) is 0. The molecule has 1 aromatic rings. The van der Waals surface area contributed by atoms with Gasteiger partial charge in [-0.1, -0.05) is 13.8 Å². The molecule has 100 valence electrons. The van der Waals surface area contributed by atoms with Gasteiger partial charge in [-0.3, -0.25) is 4.79 Å². The summed E-state index contributed by atoms with van der Waals surface area (Å²) in [7, 11) is 1.64. The van der Waals surface area contributed by atoms with Gasteiger partial charge in [0, 0.05) is 19.2 Å². The number of hydrogen-bond donors (Lipinski definition) is 3. The lowest BCUT2D eigenvalue weighted by Gasteiger charge is -2.09. The lowest BCUT2D eigenvalue weighted by atomic mass is 10.1. The second-order valence-electron chi connectivity index (χ2n) is 5.22. The Kier molecular flexibility index (Phi) is 3.80. The van der Waals surface area contributed by atoms with Gasteiger partial charge in [0.1, 0.15) is 4.88 Å². The maximum absolute atomic E-state index is 11.8. The van der Waals surface area contributed by atoms with E-state index in [0.29, 0.717) is 22.4 Å². The fourth-order valence-corrected chi connectivity index (χ4v) is 3.11. The summed E-state index contributed by atoms with van der Waals surface area (Å²) in [6.45, 7) is 5.24. The summed E-state index contributed by atoms with van der Waals surface area (Å²) in [5.74, 6) is 1.04. The first-order valence-electron chi connectivity index (χ1n) is 6.42. The number of hydrogen-bond acceptors (Lipinski definition) is 4. The Morgan fingerprint density at radius 2 is 2.17 bits per heavy atom. The van der Waals surface area contributed by atoms with Crippen LogP contribution in [0.3, 0.4) is 0 Å². The van der Waals surface area contributed by atoms with E-state index in [1.807, 2.05) is 0 Å². The molecular formula is C13H21N3OS. The van der Waals surface area contributed by atoms with Crippen molar-refractivity contribution in [2.45, 2.75) is 32.6 Å². The van der Waals surface area contributed by atoms with Gasteiger partial charge in [0.2, 0.25) is 0 Å². The van der Waals surface area contributed by atoms with E-state index in [1.54, 1.807) is 7.05 Å². The number of nitrogen functional groups attached to an aromatic ring is 1. The number of anilines is 2. The average molecular weight is 267 g/mol. The molecule has 0 aliphatic heterocycles. The highest BCUT2D eigenvalue weighted by Crippen LogP contribution is 2.50. The lowest BCUT2D eigenvalue weighted by molar-refractivity contribution is 0.0968. The van der Waals surface area contributed by atoms with Gasteiger partial charge in [-0.15, -0.1) is 11.3 Å². The third kappa shape index (κ3) is 2.61. The molecule has 0 bridgehead atoms. The number of nitrogens with two attached hydrogens (primary N) is 1. The number of amides is 1. The highest BCUT2D eigenvalue weighted by molar-refractivity contribution is 7.18. The molecule has 1 aliphatic rings. The summed E-state index contributed by atoms with van der Waals surface area (Å²) < 4.78 is 0. The van der Waals surface area contributed by atoms with Crippen LogP contribution >= 0.6 is 11.3 Å². The first-order valence-corrected chi connectivity index (χ1v) is 7.24. The molecule has 1 fully saturated rings. The van der Waals surface area contributed by atoms with Gasteiger partial charge in [0.25, 0.3) is 5.91 Å². The summed E-state index contributed by atoms with van der Waals surface area (Å²) in [4.78, 5) is 12.4. The zero-order valence-corrected chi connectivity index (χ0v) is 12.0. The number of nitrogens with one attached hydrogen (secondary N) is 2. The van der Waals surface area contributed by atoms with Crippen molar-refractivity contribution in [2.75, 3.05) is 24.6 Å². The molecule has 5 heteroatoms. The van der Waals surface area contributed by atoms with Crippen molar-refractivity contribution in [3.05, 3.63) is 10.4 Å². The van der Waals surface area contributed by atoms with Crippen LogP contribution in [0.1, 0.15) is 47.8 Å². The molecule has 0 unspecified atom stereocenters. The fraction of sp³-hybridized carbons (Fsp3) is 0.615. The van der Waals surface area contributed by atoms with Crippen molar-refractivity contribution in [1.82, 2.24) is 5.32 Å². The molecule has 1 aromatic heterocycles. The van der Waals surface area contributed by atoms with Crippen LogP contribution in [0.2, 0.25) is 0 Å². The second-order valence-corrected chi connectivity index (χ2v) is 6.24. The number of carbonyl (C=O) groups excluding carboxylic acids is 1. The van der Waals surface area contributed by atoms with Crippen LogP contribution in [0, 0.1) is 5.92 Å². The van der Waals surface area contributed by atoms with Crippen molar-refractivity contribution in [2.24, 2.45) is 5.92 Å². The van der Waals surface area contributed by atoms with Crippen LogP contribution in [0.25, 0.3) is 0 Å². The minimum atomic E-state index is -0.0861. The molecule has 1 amide bonds. The van der Waals surface area contributed by atoms with Crippen LogP contribution in [0.5, 0.6) is 0 Å². The van der Waals surface area contributed by atoms with Crippen LogP contribution in [0.4, 0.5) is 10.7 Å². The molecular weight excluding hydrogens is 246 g/mol. The quantitative estimate of drug-likeness (QED) is 0.768. The SMILES string of the molecule is CNC(=O)c1sc(NCC(C)C)c(C2CC2)c1N. The molecule has 0 aromatic carbocycles. The minimum absolute atomic E-state index is 0.0861. The third-order valence-corrected chi connectivity index (χ3v) is 4.25. The molecule has 0 radical (unpaired) electrons. The van der Waals surface area contributed by atoms with Gasteiger partial charge in [0.05, 0.1) is 10.7 Å². The van der Waals surface area contributed by atoms with Gasteiger partial charge in [-0.05, 0) is 24.7 Å². The van der Waals surface area contributed by atoms with Gasteiger partial charge < -0.3 is 16.4 Å². The largest absolute Gasteiger partial charge is 0.397 e. The molecule has 18 heavy (non-hydrogen) atoms. The van der Waals surface area contributed by atoms with E-state index in [2.05, 4.69) is 24.5 Å². The zero-order chi connectivity index (χ0) is 13.3. The molecule has 4 nitrogen and oxygen atoms in total. The molecule has 2 rings (SSSR count). The topological polar surface area (TPSA) is 67.2 Å². The van der Waals surface area contributed by atoms with E-state index < -0.39 is 0 Å². The second kappa shape index (κ2) is 5.18. The Hall–Kier alpha value is -1.23. The molecule has 4 N–H and O–H groups in total. The molecule has 0 atom stereocenters. The standard InChI is InChI=1S/C13H21N3OS/c1-7(2)6-16-13-9(8-4-5-8)10(14)11(18-13)12(17)15-3/h7-8,16H,4-6,14H2,1-3H3,(H,15,17). The minimum Gasteiger partial charge on any atom is -0.397 e. The van der Waals surface area contributed by atoms with E-state index in [0.717, 1.165) is 11.5 Å². The highest BCUT2D eigenvalue weighted by atomic mass is 32.1. The van der Waals surface area contributed by atoms with Gasteiger partial charge in [-0.25, -0.2) is 0 Å². The predicted octanol–water partition coefficient (Wildman–Crippen LogP) is 2.64. The van der Waals surface area contributed by atoms with E-state index >= 15 is 0 Å². The summed E-state index contributed by atoms with van der Waals surface area (Å²) in [6.07, 6.45) is 2.37. The Morgan fingerprint density at radius 1 is 1.50 bits per heavy atom. The lowest BCUT2D eigenvalue weighted by Crippen LogP contribution is -2.17. The van der Waals surface area contributed by atoms with Gasteiger partial charge >= 0.3 is 0 Å². The fourth-order valence-electron chi connectivity index (χ4n) is 1.94. The van der Waals surface area contributed by atoms with E-state index in [4.69, 9.17) is 5.73 Å². The summed E-state index contributed by atoms with van der Waals surface area (Å²) >= 11 is 1.48. The van der Waals surface area contributed by atoms with Crippen molar-refractivity contribution in [3.63, 3.8) is 0 Å². The number of thiophene rings is 1. The molecule has 1 aliphatic carbocycles. The molecule has 1 heterocycles.